The van der Waals surface area contributed by atoms with Crippen molar-refractivity contribution in [3.05, 3.63) is 53.7 Å². The van der Waals surface area contributed by atoms with E-state index in [2.05, 4.69) is 9.71 Å². The standard InChI is InChI=1S/C14H14F2N2O4S2/c1-23(19,20)9-10-2-5-12(6-3-10)24(21,22)18-13-7-4-11(8-17-13)14(15)16/h2-8,14H,9H2,1H3,(H,17,18). The number of halogens is 2. The molecule has 0 fully saturated rings. The summed E-state index contributed by atoms with van der Waals surface area (Å²) in [6, 6.07) is 7.51. The van der Waals surface area contributed by atoms with E-state index in [1.807, 2.05) is 0 Å². The fraction of sp³-hybridized carbons (Fsp3) is 0.214. The highest BCUT2D eigenvalue weighted by Gasteiger charge is 2.16. The van der Waals surface area contributed by atoms with Crippen LogP contribution in [0.2, 0.25) is 0 Å². The molecule has 10 heteroatoms. The summed E-state index contributed by atoms with van der Waals surface area (Å²) in [4.78, 5) is 3.53. The maximum Gasteiger partial charge on any atom is 0.265 e. The zero-order valence-electron chi connectivity index (χ0n) is 12.5. The second-order valence-electron chi connectivity index (χ2n) is 5.10. The molecule has 130 valence electrons. The van der Waals surface area contributed by atoms with Gasteiger partial charge >= 0.3 is 0 Å². The summed E-state index contributed by atoms with van der Waals surface area (Å²) in [6.45, 7) is 0. The topological polar surface area (TPSA) is 93.2 Å². The van der Waals surface area contributed by atoms with E-state index in [0.717, 1.165) is 24.6 Å². The molecule has 0 radical (unpaired) electrons. The summed E-state index contributed by atoms with van der Waals surface area (Å²) < 4.78 is 73.8. The van der Waals surface area contributed by atoms with Crippen molar-refractivity contribution in [1.82, 2.24) is 4.98 Å². The lowest BCUT2D eigenvalue weighted by atomic mass is 10.2. The highest BCUT2D eigenvalue weighted by Crippen LogP contribution is 2.20. The molecule has 0 saturated carbocycles. The van der Waals surface area contributed by atoms with E-state index >= 15 is 0 Å². The number of benzene rings is 1. The van der Waals surface area contributed by atoms with Crippen LogP contribution in [0.25, 0.3) is 0 Å². The molecule has 1 heterocycles. The Kier molecular flexibility index (Phi) is 5.19. The first-order valence-corrected chi connectivity index (χ1v) is 10.1. The smallest absolute Gasteiger partial charge is 0.263 e. The molecule has 2 rings (SSSR count). The van der Waals surface area contributed by atoms with Crippen LogP contribution >= 0.6 is 0 Å². The molecule has 0 aliphatic heterocycles. The zero-order valence-corrected chi connectivity index (χ0v) is 14.1. The Bertz CT molecular complexity index is 910. The number of anilines is 1. The lowest BCUT2D eigenvalue weighted by Crippen LogP contribution is -2.14. The highest BCUT2D eigenvalue weighted by atomic mass is 32.2. The Balaban J connectivity index is 2.18. The number of sulfone groups is 1. The van der Waals surface area contributed by atoms with Crippen molar-refractivity contribution in [1.29, 1.82) is 0 Å². The fourth-order valence-electron chi connectivity index (χ4n) is 1.86. The van der Waals surface area contributed by atoms with Crippen LogP contribution in [0.15, 0.2) is 47.5 Å². The Morgan fingerprint density at radius 1 is 1.04 bits per heavy atom. The Hall–Kier alpha value is -2.07. The van der Waals surface area contributed by atoms with Crippen LogP contribution in [-0.4, -0.2) is 28.1 Å². The first-order valence-electron chi connectivity index (χ1n) is 6.60. The summed E-state index contributed by atoms with van der Waals surface area (Å²) in [7, 11) is -7.18. The molecule has 0 bridgehead atoms. The van der Waals surface area contributed by atoms with Gasteiger partial charge in [-0.1, -0.05) is 12.1 Å². The first-order chi connectivity index (χ1) is 11.1. The summed E-state index contributed by atoms with van der Waals surface area (Å²) in [5.74, 6) is -0.295. The van der Waals surface area contributed by atoms with E-state index in [0.29, 0.717) is 5.56 Å². The van der Waals surface area contributed by atoms with Crippen LogP contribution in [-0.2, 0) is 25.6 Å². The van der Waals surface area contributed by atoms with Gasteiger partial charge < -0.3 is 0 Å². The molecule has 0 spiro atoms. The molecule has 0 amide bonds. The minimum absolute atomic E-state index is 0.0976. The second-order valence-corrected chi connectivity index (χ2v) is 8.92. The normalized spacial score (nSPS) is 12.3. The van der Waals surface area contributed by atoms with Gasteiger partial charge in [-0.2, -0.15) is 0 Å². The molecule has 2 aromatic rings. The van der Waals surface area contributed by atoms with Crippen molar-refractivity contribution in [2.75, 3.05) is 11.0 Å². The maximum absolute atomic E-state index is 12.4. The maximum atomic E-state index is 12.4. The average molecular weight is 376 g/mol. The lowest BCUT2D eigenvalue weighted by Gasteiger charge is -2.08. The van der Waals surface area contributed by atoms with Crippen molar-refractivity contribution in [2.45, 2.75) is 17.1 Å². The Labute approximate surface area is 138 Å². The number of rotatable bonds is 6. The van der Waals surface area contributed by atoms with Gasteiger partial charge in [0.05, 0.1) is 10.6 Å². The number of nitrogens with zero attached hydrogens (tertiary/aromatic N) is 1. The quantitative estimate of drug-likeness (QED) is 0.835. The monoisotopic (exact) mass is 376 g/mol. The number of hydrogen-bond donors (Lipinski definition) is 1. The molecule has 0 unspecified atom stereocenters. The van der Waals surface area contributed by atoms with Crippen molar-refractivity contribution >= 4 is 25.7 Å². The molecular formula is C14H14F2N2O4S2. The molecular weight excluding hydrogens is 362 g/mol. The van der Waals surface area contributed by atoms with Gasteiger partial charge in [-0.15, -0.1) is 0 Å². The summed E-state index contributed by atoms with van der Waals surface area (Å²) in [5, 5.41) is 0. The van der Waals surface area contributed by atoms with Gasteiger partial charge in [-0.25, -0.2) is 30.6 Å². The number of nitrogens with one attached hydrogen (secondary N) is 1. The van der Waals surface area contributed by atoms with E-state index in [-0.39, 0.29) is 22.0 Å². The van der Waals surface area contributed by atoms with Gasteiger partial charge in [0, 0.05) is 18.0 Å². The third-order valence-corrected chi connectivity index (χ3v) is 5.17. The van der Waals surface area contributed by atoms with Crippen LogP contribution in [0.5, 0.6) is 0 Å². The predicted octanol–water partition coefficient (Wildman–Crippen LogP) is 2.36. The fourth-order valence-corrected chi connectivity index (χ4v) is 3.67. The third-order valence-electron chi connectivity index (χ3n) is 2.94. The average Bonchev–Trinajstić information content (AvgIpc) is 2.46. The van der Waals surface area contributed by atoms with Gasteiger partial charge in [-0.05, 0) is 29.8 Å². The summed E-state index contributed by atoms with van der Waals surface area (Å²) in [5.41, 5.74) is 0.138. The molecule has 1 N–H and O–H groups in total. The number of sulfonamides is 1. The van der Waals surface area contributed by atoms with Gasteiger partial charge in [0.15, 0.2) is 9.84 Å². The number of pyridine rings is 1. The minimum atomic E-state index is -3.96. The van der Waals surface area contributed by atoms with E-state index in [9.17, 15) is 25.6 Å². The lowest BCUT2D eigenvalue weighted by molar-refractivity contribution is 0.151. The number of aromatic nitrogens is 1. The zero-order chi connectivity index (χ0) is 18.0. The summed E-state index contributed by atoms with van der Waals surface area (Å²) >= 11 is 0. The third kappa shape index (κ3) is 4.96. The molecule has 6 nitrogen and oxygen atoms in total. The van der Waals surface area contributed by atoms with Crippen molar-refractivity contribution in [3.63, 3.8) is 0 Å². The van der Waals surface area contributed by atoms with E-state index in [1.165, 1.54) is 24.3 Å². The Morgan fingerprint density at radius 3 is 2.12 bits per heavy atom. The van der Waals surface area contributed by atoms with Gasteiger partial charge in [0.25, 0.3) is 16.4 Å². The molecule has 24 heavy (non-hydrogen) atoms. The molecule has 1 aromatic carbocycles. The molecule has 0 saturated heterocycles. The van der Waals surface area contributed by atoms with Gasteiger partial charge in [0.2, 0.25) is 0 Å². The highest BCUT2D eigenvalue weighted by molar-refractivity contribution is 7.92. The molecule has 0 aliphatic rings. The van der Waals surface area contributed by atoms with Crippen molar-refractivity contribution < 1.29 is 25.6 Å². The Morgan fingerprint density at radius 2 is 1.67 bits per heavy atom. The number of hydrogen-bond acceptors (Lipinski definition) is 5. The SMILES string of the molecule is CS(=O)(=O)Cc1ccc(S(=O)(=O)Nc2ccc(C(F)F)cn2)cc1. The van der Waals surface area contributed by atoms with E-state index in [1.54, 1.807) is 0 Å². The van der Waals surface area contributed by atoms with Gasteiger partial charge in [0.1, 0.15) is 5.82 Å². The second kappa shape index (κ2) is 6.81. The van der Waals surface area contributed by atoms with Crippen LogP contribution < -0.4 is 4.72 Å². The van der Waals surface area contributed by atoms with Crippen LogP contribution in [0.1, 0.15) is 17.6 Å². The first kappa shape index (κ1) is 18.3. The minimum Gasteiger partial charge on any atom is -0.263 e. The van der Waals surface area contributed by atoms with Crippen LogP contribution in [0.3, 0.4) is 0 Å². The molecule has 1 aromatic heterocycles. The van der Waals surface area contributed by atoms with E-state index < -0.39 is 26.3 Å². The number of alkyl halides is 2. The van der Waals surface area contributed by atoms with Crippen LogP contribution in [0.4, 0.5) is 14.6 Å². The largest absolute Gasteiger partial charge is 0.265 e. The molecule has 0 atom stereocenters. The van der Waals surface area contributed by atoms with Crippen molar-refractivity contribution in [3.8, 4) is 0 Å². The van der Waals surface area contributed by atoms with Gasteiger partial charge in [-0.3, -0.25) is 4.72 Å². The van der Waals surface area contributed by atoms with E-state index in [4.69, 9.17) is 0 Å². The van der Waals surface area contributed by atoms with Crippen LogP contribution in [0, 0.1) is 0 Å². The predicted molar refractivity (Wildman–Crippen MR) is 85.0 cm³/mol. The summed E-state index contributed by atoms with van der Waals surface area (Å²) in [6.07, 6.45) is -0.725. The van der Waals surface area contributed by atoms with Crippen molar-refractivity contribution in [2.24, 2.45) is 0 Å². The molecule has 0 aliphatic carbocycles.